The van der Waals surface area contributed by atoms with E-state index in [1.165, 1.54) is 12.3 Å². The molecule has 0 aliphatic rings. The molecule has 0 bridgehead atoms. The third-order valence-corrected chi connectivity index (χ3v) is 2.81. The fraction of sp³-hybridized carbons (Fsp3) is 0.615. The minimum Gasteiger partial charge on any atom is -0.467 e. The Morgan fingerprint density at radius 1 is 1.40 bits per heavy atom. The summed E-state index contributed by atoms with van der Waals surface area (Å²) in [6.07, 6.45) is -3.14. The van der Waals surface area contributed by atoms with Crippen molar-refractivity contribution >= 4 is 5.91 Å². The van der Waals surface area contributed by atoms with Crippen molar-refractivity contribution in [3.8, 4) is 0 Å². The van der Waals surface area contributed by atoms with Crippen molar-refractivity contribution in [2.75, 3.05) is 6.54 Å². The van der Waals surface area contributed by atoms with E-state index in [0.717, 1.165) is 0 Å². The van der Waals surface area contributed by atoms with Gasteiger partial charge in [0.15, 0.2) is 0 Å². The van der Waals surface area contributed by atoms with Crippen molar-refractivity contribution in [2.24, 2.45) is 11.1 Å². The molecule has 0 saturated carbocycles. The molecule has 1 rings (SSSR count). The van der Waals surface area contributed by atoms with Crippen molar-refractivity contribution in [3.05, 3.63) is 24.2 Å². The van der Waals surface area contributed by atoms with Gasteiger partial charge in [0.05, 0.1) is 18.8 Å². The van der Waals surface area contributed by atoms with Crippen LogP contribution in [-0.2, 0) is 11.3 Å². The third-order valence-electron chi connectivity index (χ3n) is 2.81. The maximum absolute atomic E-state index is 12.6. The molecule has 0 aliphatic carbocycles. The molecule has 0 fully saturated rings. The molecule has 1 aromatic heterocycles. The molecule has 114 valence electrons. The molecule has 1 unspecified atom stereocenters. The number of alkyl halides is 3. The number of carbonyl (C=O) groups is 1. The van der Waals surface area contributed by atoms with Gasteiger partial charge >= 0.3 is 6.18 Å². The first kappa shape index (κ1) is 16.6. The third kappa shape index (κ3) is 4.88. The normalized spacial score (nSPS) is 14.2. The van der Waals surface area contributed by atoms with Crippen molar-refractivity contribution in [2.45, 2.75) is 39.5 Å². The Kier molecular flexibility index (Phi) is 4.86. The zero-order valence-electron chi connectivity index (χ0n) is 11.7. The average molecular weight is 292 g/mol. The second-order valence-corrected chi connectivity index (χ2v) is 5.73. The molecule has 0 radical (unpaired) electrons. The van der Waals surface area contributed by atoms with E-state index in [1.807, 2.05) is 0 Å². The number of nitrogens with two attached hydrogens (primary N) is 1. The summed E-state index contributed by atoms with van der Waals surface area (Å²) >= 11 is 0. The number of hydrogen-bond acceptors (Lipinski definition) is 3. The molecular weight excluding hydrogens is 273 g/mol. The Morgan fingerprint density at radius 2 is 2.00 bits per heavy atom. The van der Waals surface area contributed by atoms with E-state index >= 15 is 0 Å². The van der Waals surface area contributed by atoms with Gasteiger partial charge in [-0.1, -0.05) is 20.8 Å². The smallest absolute Gasteiger partial charge is 0.406 e. The summed E-state index contributed by atoms with van der Waals surface area (Å²) in [7, 11) is 0. The lowest BCUT2D eigenvalue weighted by molar-refractivity contribution is -0.165. The van der Waals surface area contributed by atoms with Gasteiger partial charge in [0.2, 0.25) is 5.91 Å². The average Bonchev–Trinajstić information content (AvgIpc) is 2.75. The number of rotatable bonds is 4. The first-order valence-electron chi connectivity index (χ1n) is 6.14. The zero-order valence-corrected chi connectivity index (χ0v) is 11.7. The Bertz CT molecular complexity index is 435. The van der Waals surface area contributed by atoms with Crippen LogP contribution in [0.4, 0.5) is 13.2 Å². The largest absolute Gasteiger partial charge is 0.467 e. The number of amides is 1. The molecule has 1 aromatic rings. The number of hydrogen-bond donors (Lipinski definition) is 1. The predicted molar refractivity (Wildman–Crippen MR) is 67.6 cm³/mol. The SMILES string of the molecule is CC(C)(C)C(N)C(=O)N(Cc1ccco1)CC(F)(F)F. The molecule has 1 amide bonds. The Balaban J connectivity index is 2.89. The van der Waals surface area contributed by atoms with Gasteiger partial charge in [-0.3, -0.25) is 4.79 Å². The maximum Gasteiger partial charge on any atom is 0.406 e. The van der Waals surface area contributed by atoms with Crippen LogP contribution in [0.2, 0.25) is 0 Å². The summed E-state index contributed by atoms with van der Waals surface area (Å²) in [6.45, 7) is 3.50. The topological polar surface area (TPSA) is 59.5 Å². The molecule has 1 atom stereocenters. The van der Waals surface area contributed by atoms with E-state index in [0.29, 0.717) is 4.90 Å². The number of furan rings is 1. The van der Waals surface area contributed by atoms with Crippen LogP contribution < -0.4 is 5.73 Å². The van der Waals surface area contributed by atoms with Crippen molar-refractivity contribution in [1.29, 1.82) is 0 Å². The molecule has 0 saturated heterocycles. The lowest BCUT2D eigenvalue weighted by Crippen LogP contribution is -2.52. The summed E-state index contributed by atoms with van der Waals surface area (Å²) in [6, 6.07) is 2.05. The van der Waals surface area contributed by atoms with Gasteiger partial charge in [-0.25, -0.2) is 0 Å². The van der Waals surface area contributed by atoms with Crippen molar-refractivity contribution in [1.82, 2.24) is 4.90 Å². The first-order chi connectivity index (χ1) is 9.00. The molecule has 20 heavy (non-hydrogen) atoms. The molecule has 4 nitrogen and oxygen atoms in total. The van der Waals surface area contributed by atoms with Crippen molar-refractivity contribution in [3.63, 3.8) is 0 Å². The van der Waals surface area contributed by atoms with Crippen LogP contribution in [0.1, 0.15) is 26.5 Å². The Hall–Kier alpha value is -1.50. The molecular formula is C13H19F3N2O2. The van der Waals surface area contributed by atoms with E-state index in [2.05, 4.69) is 0 Å². The number of nitrogens with zero attached hydrogens (tertiary/aromatic N) is 1. The predicted octanol–water partition coefficient (Wildman–Crippen LogP) is 2.54. The van der Waals surface area contributed by atoms with Gasteiger partial charge in [0, 0.05) is 0 Å². The standard InChI is InChI=1S/C13H19F3N2O2/c1-12(2,3)10(17)11(19)18(8-13(14,15)16)7-9-5-4-6-20-9/h4-6,10H,7-8,17H2,1-3H3. The molecule has 7 heteroatoms. The maximum atomic E-state index is 12.6. The highest BCUT2D eigenvalue weighted by Crippen LogP contribution is 2.23. The van der Waals surface area contributed by atoms with E-state index < -0.39 is 30.1 Å². The second-order valence-electron chi connectivity index (χ2n) is 5.73. The minimum absolute atomic E-state index is 0.255. The summed E-state index contributed by atoms with van der Waals surface area (Å²) in [5, 5.41) is 0. The minimum atomic E-state index is -4.49. The lowest BCUT2D eigenvalue weighted by Gasteiger charge is -2.32. The summed E-state index contributed by atoms with van der Waals surface area (Å²) in [5.74, 6) is -0.463. The van der Waals surface area contributed by atoms with Gasteiger partial charge in [0.25, 0.3) is 0 Å². The highest BCUT2D eigenvalue weighted by Gasteiger charge is 2.37. The van der Waals surface area contributed by atoms with Gasteiger partial charge in [0.1, 0.15) is 12.3 Å². The second kappa shape index (κ2) is 5.87. The van der Waals surface area contributed by atoms with Gasteiger partial charge in [-0.2, -0.15) is 13.2 Å². The molecule has 0 spiro atoms. The van der Waals surface area contributed by atoms with E-state index in [9.17, 15) is 18.0 Å². The summed E-state index contributed by atoms with van der Waals surface area (Å²) < 4.78 is 42.8. The van der Waals surface area contributed by atoms with Crippen LogP contribution in [0.5, 0.6) is 0 Å². The Morgan fingerprint density at radius 3 is 2.40 bits per heavy atom. The first-order valence-corrected chi connectivity index (χ1v) is 6.14. The fourth-order valence-electron chi connectivity index (χ4n) is 1.59. The molecule has 0 aliphatic heterocycles. The van der Waals surface area contributed by atoms with Gasteiger partial charge < -0.3 is 15.1 Å². The van der Waals surface area contributed by atoms with Crippen LogP contribution in [0, 0.1) is 5.41 Å². The Labute approximate surface area is 115 Å². The highest BCUT2D eigenvalue weighted by molar-refractivity contribution is 5.82. The van der Waals surface area contributed by atoms with E-state index in [1.54, 1.807) is 26.8 Å². The van der Waals surface area contributed by atoms with Crippen LogP contribution >= 0.6 is 0 Å². The molecule has 1 heterocycles. The van der Waals surface area contributed by atoms with E-state index in [-0.39, 0.29) is 12.3 Å². The van der Waals surface area contributed by atoms with Crippen LogP contribution in [0.15, 0.2) is 22.8 Å². The summed E-state index contributed by atoms with van der Waals surface area (Å²) in [4.78, 5) is 12.8. The van der Waals surface area contributed by atoms with Gasteiger partial charge in [-0.05, 0) is 17.5 Å². The molecule has 2 N–H and O–H groups in total. The highest BCUT2D eigenvalue weighted by atomic mass is 19.4. The van der Waals surface area contributed by atoms with Crippen molar-refractivity contribution < 1.29 is 22.4 Å². The molecule has 0 aromatic carbocycles. The quantitative estimate of drug-likeness (QED) is 0.927. The van der Waals surface area contributed by atoms with Crippen LogP contribution in [0.3, 0.4) is 0 Å². The zero-order chi connectivity index (χ0) is 15.6. The fourth-order valence-corrected chi connectivity index (χ4v) is 1.59. The van der Waals surface area contributed by atoms with Crippen LogP contribution in [0.25, 0.3) is 0 Å². The summed E-state index contributed by atoms with van der Waals surface area (Å²) in [5.41, 5.74) is 5.13. The van der Waals surface area contributed by atoms with Crippen LogP contribution in [-0.4, -0.2) is 29.6 Å². The number of halogens is 3. The number of carbonyl (C=O) groups excluding carboxylic acids is 1. The monoisotopic (exact) mass is 292 g/mol. The van der Waals surface area contributed by atoms with E-state index in [4.69, 9.17) is 10.2 Å². The lowest BCUT2D eigenvalue weighted by atomic mass is 9.86. The van der Waals surface area contributed by atoms with Gasteiger partial charge in [-0.15, -0.1) is 0 Å².